The van der Waals surface area contributed by atoms with E-state index in [9.17, 15) is 4.79 Å². The lowest BCUT2D eigenvalue weighted by molar-refractivity contribution is 0.585. The molecular weight excluding hydrogens is 260 g/mol. The summed E-state index contributed by atoms with van der Waals surface area (Å²) in [6, 6.07) is 6.79. The smallest absolute Gasteiger partial charge is 0.258 e. The van der Waals surface area contributed by atoms with Gasteiger partial charge < -0.3 is 9.88 Å². The molecule has 1 aliphatic rings. The second kappa shape index (κ2) is 4.99. The summed E-state index contributed by atoms with van der Waals surface area (Å²) in [6.45, 7) is 7.71. The van der Waals surface area contributed by atoms with Crippen LogP contribution in [0.25, 0.3) is 10.8 Å². The number of rotatable bonds is 1. The molecule has 1 N–H and O–H groups in total. The highest BCUT2D eigenvalue weighted by atomic mass is 16.1. The molecule has 0 amide bonds. The Morgan fingerprint density at radius 2 is 2.05 bits per heavy atom. The van der Waals surface area contributed by atoms with Crippen LogP contribution in [0.2, 0.25) is 0 Å². The standard InChI is InChI=1S/C18H24N2O/c1-18(2,3)13-10-12-7-9-20(4)17(21)16(12)14(11-13)15-6-5-8-19-15/h7,9-11,15,19H,5-6,8H2,1-4H3. The third-order valence-electron chi connectivity index (χ3n) is 4.51. The van der Waals surface area contributed by atoms with Gasteiger partial charge in [-0.15, -0.1) is 0 Å². The van der Waals surface area contributed by atoms with Gasteiger partial charge in [0.1, 0.15) is 0 Å². The Balaban J connectivity index is 2.34. The predicted octanol–water partition coefficient (Wildman–Crippen LogP) is 3.26. The summed E-state index contributed by atoms with van der Waals surface area (Å²) in [6.07, 6.45) is 4.16. The summed E-state index contributed by atoms with van der Waals surface area (Å²) in [5.74, 6) is 0. The van der Waals surface area contributed by atoms with Crippen LogP contribution in [0.4, 0.5) is 0 Å². The average molecular weight is 284 g/mol. The van der Waals surface area contributed by atoms with Crippen LogP contribution in [0, 0.1) is 0 Å². The first-order valence-corrected chi connectivity index (χ1v) is 7.75. The molecule has 3 rings (SSSR count). The second-order valence-corrected chi connectivity index (χ2v) is 7.16. The lowest BCUT2D eigenvalue weighted by Gasteiger charge is -2.23. The zero-order valence-corrected chi connectivity index (χ0v) is 13.4. The minimum absolute atomic E-state index is 0.0859. The highest BCUT2D eigenvalue weighted by molar-refractivity contribution is 5.86. The van der Waals surface area contributed by atoms with Crippen molar-refractivity contribution >= 4 is 10.8 Å². The van der Waals surface area contributed by atoms with E-state index in [2.05, 4.69) is 44.3 Å². The van der Waals surface area contributed by atoms with Gasteiger partial charge in [-0.05, 0) is 47.4 Å². The van der Waals surface area contributed by atoms with Crippen molar-refractivity contribution in [1.29, 1.82) is 0 Å². The van der Waals surface area contributed by atoms with Crippen LogP contribution in [0.3, 0.4) is 0 Å². The number of pyridine rings is 1. The maximum Gasteiger partial charge on any atom is 0.258 e. The molecular formula is C18H24N2O. The molecule has 1 aromatic carbocycles. The first-order valence-electron chi connectivity index (χ1n) is 7.75. The van der Waals surface area contributed by atoms with Gasteiger partial charge in [0.15, 0.2) is 0 Å². The normalized spacial score (nSPS) is 19.3. The van der Waals surface area contributed by atoms with Gasteiger partial charge in [0, 0.05) is 19.3 Å². The summed E-state index contributed by atoms with van der Waals surface area (Å²) in [5, 5.41) is 5.49. The maximum atomic E-state index is 12.6. The van der Waals surface area contributed by atoms with Gasteiger partial charge in [-0.3, -0.25) is 4.79 Å². The van der Waals surface area contributed by atoms with Crippen molar-refractivity contribution in [3.05, 3.63) is 45.9 Å². The van der Waals surface area contributed by atoms with Crippen molar-refractivity contribution < 1.29 is 0 Å². The number of aryl methyl sites for hydroxylation is 1. The molecule has 0 bridgehead atoms. The zero-order valence-electron chi connectivity index (χ0n) is 13.4. The highest BCUT2D eigenvalue weighted by Crippen LogP contribution is 2.33. The molecule has 0 spiro atoms. The number of nitrogens with zero attached hydrogens (tertiary/aromatic N) is 1. The van der Waals surface area contributed by atoms with Gasteiger partial charge in [-0.1, -0.05) is 32.9 Å². The number of nitrogens with one attached hydrogen (secondary N) is 1. The summed E-state index contributed by atoms with van der Waals surface area (Å²) in [5.41, 5.74) is 2.67. The molecule has 2 heterocycles. The van der Waals surface area contributed by atoms with Crippen molar-refractivity contribution in [3.8, 4) is 0 Å². The lowest BCUT2D eigenvalue weighted by atomic mass is 9.83. The van der Waals surface area contributed by atoms with Crippen molar-refractivity contribution in [3.63, 3.8) is 0 Å². The van der Waals surface area contributed by atoms with Crippen LogP contribution < -0.4 is 10.9 Å². The van der Waals surface area contributed by atoms with Gasteiger partial charge in [0.25, 0.3) is 5.56 Å². The van der Waals surface area contributed by atoms with Crippen LogP contribution in [0.15, 0.2) is 29.2 Å². The van der Waals surface area contributed by atoms with E-state index in [0.717, 1.165) is 23.7 Å². The Morgan fingerprint density at radius 1 is 1.29 bits per heavy atom. The largest absolute Gasteiger partial charge is 0.318 e. The number of aromatic nitrogens is 1. The molecule has 0 aliphatic carbocycles. The lowest BCUT2D eigenvalue weighted by Crippen LogP contribution is -2.22. The fourth-order valence-electron chi connectivity index (χ4n) is 3.16. The van der Waals surface area contributed by atoms with Crippen LogP contribution >= 0.6 is 0 Å². The number of hydrogen-bond donors (Lipinski definition) is 1. The third-order valence-corrected chi connectivity index (χ3v) is 4.51. The molecule has 0 radical (unpaired) electrons. The SMILES string of the molecule is Cn1ccc2cc(C(C)(C)C)cc(C3CCCN3)c2c1=O. The molecule has 3 nitrogen and oxygen atoms in total. The van der Waals surface area contributed by atoms with Gasteiger partial charge in [-0.2, -0.15) is 0 Å². The van der Waals surface area contributed by atoms with E-state index in [1.807, 2.05) is 13.2 Å². The Kier molecular flexibility index (Phi) is 3.40. The van der Waals surface area contributed by atoms with E-state index in [-0.39, 0.29) is 11.0 Å². The number of hydrogen-bond acceptors (Lipinski definition) is 2. The van der Waals surface area contributed by atoms with E-state index >= 15 is 0 Å². The van der Waals surface area contributed by atoms with Crippen LogP contribution in [-0.2, 0) is 12.5 Å². The van der Waals surface area contributed by atoms with E-state index in [1.54, 1.807) is 4.57 Å². The van der Waals surface area contributed by atoms with Crippen molar-refractivity contribution in [1.82, 2.24) is 9.88 Å². The fraction of sp³-hybridized carbons (Fsp3) is 0.500. The summed E-state index contributed by atoms with van der Waals surface area (Å²) < 4.78 is 1.68. The number of benzene rings is 1. The zero-order chi connectivity index (χ0) is 15.2. The quantitative estimate of drug-likeness (QED) is 0.872. The van der Waals surface area contributed by atoms with E-state index < -0.39 is 0 Å². The second-order valence-electron chi connectivity index (χ2n) is 7.16. The first-order chi connectivity index (χ1) is 9.88. The molecule has 1 atom stereocenters. The minimum atomic E-state index is 0.0859. The molecule has 3 heteroatoms. The van der Waals surface area contributed by atoms with Gasteiger partial charge in [-0.25, -0.2) is 0 Å². The monoisotopic (exact) mass is 284 g/mol. The third kappa shape index (κ3) is 2.51. The highest BCUT2D eigenvalue weighted by Gasteiger charge is 2.23. The molecule has 1 saturated heterocycles. The van der Waals surface area contributed by atoms with Crippen LogP contribution in [0.5, 0.6) is 0 Å². The summed E-state index contributed by atoms with van der Waals surface area (Å²) in [7, 11) is 1.82. The molecule has 21 heavy (non-hydrogen) atoms. The Labute approximate surface area is 126 Å². The number of fused-ring (bicyclic) bond motifs is 1. The molecule has 1 aromatic heterocycles. The van der Waals surface area contributed by atoms with Gasteiger partial charge in [0.05, 0.1) is 5.39 Å². The molecule has 1 fully saturated rings. The molecule has 1 unspecified atom stereocenters. The first kappa shape index (κ1) is 14.3. The van der Waals surface area contributed by atoms with E-state index in [4.69, 9.17) is 0 Å². The minimum Gasteiger partial charge on any atom is -0.318 e. The average Bonchev–Trinajstić information content (AvgIpc) is 2.94. The van der Waals surface area contributed by atoms with Gasteiger partial charge in [0.2, 0.25) is 0 Å². The Bertz CT molecular complexity index is 731. The maximum absolute atomic E-state index is 12.6. The molecule has 2 aromatic rings. The van der Waals surface area contributed by atoms with Crippen LogP contribution in [-0.4, -0.2) is 11.1 Å². The van der Waals surface area contributed by atoms with Crippen molar-refractivity contribution in [2.75, 3.05) is 6.54 Å². The summed E-state index contributed by atoms with van der Waals surface area (Å²) in [4.78, 5) is 12.6. The topological polar surface area (TPSA) is 34.0 Å². The molecule has 1 aliphatic heterocycles. The Hall–Kier alpha value is -1.61. The van der Waals surface area contributed by atoms with Crippen molar-refractivity contribution in [2.45, 2.75) is 45.1 Å². The summed E-state index contributed by atoms with van der Waals surface area (Å²) >= 11 is 0. The van der Waals surface area contributed by atoms with Crippen LogP contribution in [0.1, 0.15) is 50.8 Å². The predicted molar refractivity (Wildman–Crippen MR) is 87.9 cm³/mol. The van der Waals surface area contributed by atoms with Crippen molar-refractivity contribution in [2.24, 2.45) is 7.05 Å². The molecule has 112 valence electrons. The molecule has 0 saturated carbocycles. The van der Waals surface area contributed by atoms with E-state index in [1.165, 1.54) is 17.5 Å². The fourth-order valence-corrected chi connectivity index (χ4v) is 3.16. The van der Waals surface area contributed by atoms with E-state index in [0.29, 0.717) is 6.04 Å². The van der Waals surface area contributed by atoms with Gasteiger partial charge >= 0.3 is 0 Å². The Morgan fingerprint density at radius 3 is 2.67 bits per heavy atom.